The van der Waals surface area contributed by atoms with Gasteiger partial charge >= 0.3 is 0 Å². The number of aryl methyl sites for hydroxylation is 1. The maximum Gasteiger partial charge on any atom is 0.193 e. The Morgan fingerprint density at radius 1 is 1.39 bits per heavy atom. The number of nitrogens with one attached hydrogen (secondary N) is 1. The van der Waals surface area contributed by atoms with Crippen LogP contribution >= 0.6 is 11.3 Å². The van der Waals surface area contributed by atoms with Gasteiger partial charge < -0.3 is 10.2 Å². The number of rotatable bonds is 5. The van der Waals surface area contributed by atoms with Gasteiger partial charge in [0.25, 0.3) is 0 Å². The van der Waals surface area contributed by atoms with E-state index >= 15 is 0 Å². The van der Waals surface area contributed by atoms with Gasteiger partial charge in [0, 0.05) is 26.0 Å². The summed E-state index contributed by atoms with van der Waals surface area (Å²) in [6.07, 6.45) is 1.27. The van der Waals surface area contributed by atoms with Gasteiger partial charge in [-0.25, -0.2) is 4.98 Å². The van der Waals surface area contributed by atoms with Gasteiger partial charge in [0.15, 0.2) is 5.96 Å². The molecule has 2 atom stereocenters. The van der Waals surface area contributed by atoms with E-state index in [1.807, 2.05) is 14.0 Å². The molecular weight excluding hydrogens is 304 g/mol. The number of nitrogens with zero attached hydrogens (tertiary/aromatic N) is 3. The number of hydrogen-bond acceptors (Lipinski definition) is 3. The Morgan fingerprint density at radius 2 is 2.17 bits per heavy atom. The zero-order chi connectivity index (χ0) is 16.2. The largest absolute Gasteiger partial charge is 0.356 e. The van der Waals surface area contributed by atoms with Crippen molar-refractivity contribution in [3.8, 4) is 0 Å². The SMILES string of the molecule is CN=C(NCC1CC1c1ccccc1)N(C)Cc1csc(C)n1. The Labute approximate surface area is 142 Å². The third kappa shape index (κ3) is 4.10. The van der Waals surface area contributed by atoms with Crippen LogP contribution in [0.5, 0.6) is 0 Å². The summed E-state index contributed by atoms with van der Waals surface area (Å²) in [6, 6.07) is 10.8. The lowest BCUT2D eigenvalue weighted by Gasteiger charge is -2.21. The molecule has 0 bridgehead atoms. The smallest absolute Gasteiger partial charge is 0.193 e. The second kappa shape index (κ2) is 7.13. The number of aliphatic imine (C=N–C) groups is 1. The minimum absolute atomic E-state index is 0.702. The number of benzene rings is 1. The highest BCUT2D eigenvalue weighted by Gasteiger charge is 2.37. The predicted octanol–water partition coefficient (Wildman–Crippen LogP) is 3.26. The third-order valence-corrected chi connectivity index (χ3v) is 5.13. The van der Waals surface area contributed by atoms with E-state index in [2.05, 4.69) is 63.0 Å². The quantitative estimate of drug-likeness (QED) is 0.676. The first-order valence-corrected chi connectivity index (χ1v) is 8.93. The van der Waals surface area contributed by atoms with Gasteiger partial charge in [-0.1, -0.05) is 30.3 Å². The molecular formula is C18H24N4S. The van der Waals surface area contributed by atoms with Crippen LogP contribution in [-0.4, -0.2) is 36.5 Å². The fraction of sp³-hybridized carbons (Fsp3) is 0.444. The highest BCUT2D eigenvalue weighted by atomic mass is 32.1. The zero-order valence-corrected chi connectivity index (χ0v) is 14.8. The van der Waals surface area contributed by atoms with Crippen molar-refractivity contribution in [2.45, 2.75) is 25.8 Å². The summed E-state index contributed by atoms with van der Waals surface area (Å²) in [4.78, 5) is 11.0. The van der Waals surface area contributed by atoms with Crippen LogP contribution in [0.2, 0.25) is 0 Å². The highest BCUT2D eigenvalue weighted by molar-refractivity contribution is 7.09. The predicted molar refractivity (Wildman–Crippen MR) is 97.0 cm³/mol. The molecule has 0 radical (unpaired) electrons. The van der Waals surface area contributed by atoms with E-state index in [1.54, 1.807) is 11.3 Å². The first kappa shape index (κ1) is 16.0. The van der Waals surface area contributed by atoms with E-state index in [-0.39, 0.29) is 0 Å². The summed E-state index contributed by atoms with van der Waals surface area (Å²) in [5.41, 5.74) is 2.56. The minimum Gasteiger partial charge on any atom is -0.356 e. The minimum atomic E-state index is 0.702. The summed E-state index contributed by atoms with van der Waals surface area (Å²) in [7, 11) is 3.90. The molecule has 1 aromatic heterocycles. The monoisotopic (exact) mass is 328 g/mol. The topological polar surface area (TPSA) is 40.5 Å². The molecule has 1 aliphatic rings. The van der Waals surface area contributed by atoms with Gasteiger partial charge in [-0.05, 0) is 30.7 Å². The molecule has 1 fully saturated rings. The molecule has 0 spiro atoms. The lowest BCUT2D eigenvalue weighted by atomic mass is 10.1. The summed E-state index contributed by atoms with van der Waals surface area (Å²) >= 11 is 1.69. The van der Waals surface area contributed by atoms with Gasteiger partial charge in [-0.3, -0.25) is 4.99 Å². The highest BCUT2D eigenvalue weighted by Crippen LogP contribution is 2.46. The average molecular weight is 328 g/mol. The normalized spacial score (nSPS) is 20.4. The fourth-order valence-electron chi connectivity index (χ4n) is 2.99. The summed E-state index contributed by atoms with van der Waals surface area (Å²) in [6.45, 7) is 3.81. The van der Waals surface area contributed by atoms with E-state index in [4.69, 9.17) is 0 Å². The van der Waals surface area contributed by atoms with Gasteiger partial charge in [0.05, 0.1) is 17.2 Å². The summed E-state index contributed by atoms with van der Waals surface area (Å²) < 4.78 is 0. The van der Waals surface area contributed by atoms with Gasteiger partial charge in [-0.15, -0.1) is 11.3 Å². The van der Waals surface area contributed by atoms with E-state index in [9.17, 15) is 0 Å². The van der Waals surface area contributed by atoms with Gasteiger partial charge in [0.2, 0.25) is 0 Å². The Morgan fingerprint density at radius 3 is 2.83 bits per heavy atom. The van der Waals surface area contributed by atoms with Gasteiger partial charge in [-0.2, -0.15) is 0 Å². The number of hydrogen-bond donors (Lipinski definition) is 1. The Balaban J connectivity index is 1.49. The molecule has 0 amide bonds. The molecule has 1 saturated carbocycles. The van der Waals surface area contributed by atoms with Crippen LogP contribution in [0.3, 0.4) is 0 Å². The van der Waals surface area contributed by atoms with E-state index in [1.165, 1.54) is 12.0 Å². The number of thiazole rings is 1. The summed E-state index contributed by atoms with van der Waals surface area (Å²) in [5.74, 6) is 2.35. The van der Waals surface area contributed by atoms with Crippen molar-refractivity contribution < 1.29 is 0 Å². The molecule has 2 unspecified atom stereocenters. The molecule has 1 aromatic carbocycles. The molecule has 1 heterocycles. The summed E-state index contributed by atoms with van der Waals surface area (Å²) in [5, 5.41) is 6.74. The maximum absolute atomic E-state index is 4.52. The molecule has 2 aromatic rings. The third-order valence-electron chi connectivity index (χ3n) is 4.31. The van der Waals surface area contributed by atoms with Crippen molar-refractivity contribution in [1.82, 2.24) is 15.2 Å². The average Bonchev–Trinajstić information content (AvgIpc) is 3.23. The molecule has 0 saturated heterocycles. The molecule has 1 N–H and O–H groups in total. The first-order chi connectivity index (χ1) is 11.2. The van der Waals surface area contributed by atoms with Crippen LogP contribution in [-0.2, 0) is 6.54 Å². The van der Waals surface area contributed by atoms with Crippen molar-refractivity contribution in [3.05, 3.63) is 52.0 Å². The van der Waals surface area contributed by atoms with Crippen molar-refractivity contribution in [2.75, 3.05) is 20.6 Å². The molecule has 5 heteroatoms. The Hall–Kier alpha value is -1.88. The second-order valence-corrected chi connectivity index (χ2v) is 7.22. The van der Waals surface area contributed by atoms with Crippen LogP contribution in [0, 0.1) is 12.8 Å². The van der Waals surface area contributed by atoms with Crippen LogP contribution in [0.25, 0.3) is 0 Å². The fourth-order valence-corrected chi connectivity index (χ4v) is 3.59. The molecule has 4 nitrogen and oxygen atoms in total. The molecule has 3 rings (SSSR count). The number of guanidine groups is 1. The Bertz CT molecular complexity index is 665. The first-order valence-electron chi connectivity index (χ1n) is 8.05. The standard InChI is InChI=1S/C18H24N4S/c1-13-21-16(12-23-13)11-22(3)18(19-2)20-10-15-9-17(15)14-7-5-4-6-8-14/h4-8,12,15,17H,9-11H2,1-3H3,(H,19,20). The Kier molecular flexibility index (Phi) is 4.96. The second-order valence-electron chi connectivity index (χ2n) is 6.15. The van der Waals surface area contributed by atoms with Crippen molar-refractivity contribution in [1.29, 1.82) is 0 Å². The van der Waals surface area contributed by atoms with Crippen molar-refractivity contribution in [2.24, 2.45) is 10.9 Å². The van der Waals surface area contributed by atoms with Crippen LogP contribution in [0.4, 0.5) is 0 Å². The molecule has 23 heavy (non-hydrogen) atoms. The molecule has 122 valence electrons. The zero-order valence-electron chi connectivity index (χ0n) is 14.0. The van der Waals surface area contributed by atoms with Crippen molar-refractivity contribution in [3.63, 3.8) is 0 Å². The lowest BCUT2D eigenvalue weighted by Crippen LogP contribution is -2.39. The molecule has 1 aliphatic carbocycles. The van der Waals surface area contributed by atoms with Crippen LogP contribution < -0.4 is 5.32 Å². The van der Waals surface area contributed by atoms with Crippen LogP contribution in [0.1, 0.15) is 28.6 Å². The van der Waals surface area contributed by atoms with Gasteiger partial charge in [0.1, 0.15) is 0 Å². The molecule has 0 aliphatic heterocycles. The lowest BCUT2D eigenvalue weighted by molar-refractivity contribution is 0.468. The van der Waals surface area contributed by atoms with E-state index in [0.717, 1.165) is 29.8 Å². The number of aromatic nitrogens is 1. The van der Waals surface area contributed by atoms with E-state index in [0.29, 0.717) is 11.8 Å². The van der Waals surface area contributed by atoms with E-state index < -0.39 is 0 Å². The van der Waals surface area contributed by atoms with Crippen LogP contribution in [0.15, 0.2) is 40.7 Å². The maximum atomic E-state index is 4.52. The van der Waals surface area contributed by atoms with Crippen molar-refractivity contribution >= 4 is 17.3 Å².